The quantitative estimate of drug-likeness (QED) is 0.474. The van der Waals surface area contributed by atoms with Gasteiger partial charge in [0.25, 0.3) is 0 Å². The van der Waals surface area contributed by atoms with Crippen LogP contribution in [0, 0.1) is 0 Å². The van der Waals surface area contributed by atoms with E-state index in [1.54, 1.807) is 13.8 Å². The Morgan fingerprint density at radius 2 is 1.97 bits per heavy atom. The Labute approximate surface area is 181 Å². The van der Waals surface area contributed by atoms with Gasteiger partial charge in [-0.2, -0.15) is 0 Å². The summed E-state index contributed by atoms with van der Waals surface area (Å²) < 4.78 is 27.1. The van der Waals surface area contributed by atoms with Crippen molar-refractivity contribution in [1.29, 1.82) is 0 Å². The molecule has 1 aliphatic rings. The molecule has 1 saturated heterocycles. The van der Waals surface area contributed by atoms with Gasteiger partial charge >= 0.3 is 11.7 Å². The first-order chi connectivity index (χ1) is 14.9. The molecular formula is C20H24N2O10. The number of nitrogens with one attached hydrogen (secondary N) is 1. The molecule has 0 spiro atoms. The lowest BCUT2D eigenvalue weighted by molar-refractivity contribution is -0.304. The Bertz CT molecular complexity index is 1100. The number of hydrogen-bond acceptors (Lipinski definition) is 10. The normalized spacial score (nSPS) is 24.7. The van der Waals surface area contributed by atoms with Gasteiger partial charge in [-0.15, -0.1) is 0 Å². The number of amides is 2. The second-order valence-electron chi connectivity index (χ2n) is 7.71. The van der Waals surface area contributed by atoms with Gasteiger partial charge in [-0.3, -0.25) is 4.79 Å². The number of fused-ring (bicyclic) bond motifs is 1. The smallest absolute Gasteiger partial charge is 0.404 e. The predicted octanol–water partition coefficient (Wildman–Crippen LogP) is 0.810. The molecule has 1 aromatic carbocycles. The third-order valence-corrected chi connectivity index (χ3v) is 4.93. The van der Waals surface area contributed by atoms with Gasteiger partial charge in [0.15, 0.2) is 23.6 Å². The van der Waals surface area contributed by atoms with Crippen LogP contribution in [0.2, 0.25) is 0 Å². The maximum atomic E-state index is 12.1. The topological polar surface area (TPSA) is 180 Å². The molecule has 1 aromatic heterocycles. The standard InChI is InChI=1S/C20H24N2O10/c1-8(23)22-12-13(24)10-6-5-9(7-11(10)30-17(12)26)29-18-14(25)15(31-19(21)27)16(28-4)20(2,3)32-18/h5-7,14-16,18,24-25H,1-4H3,(H2,21,27)(H,22,23)/t14?,15-,16-,18-/m1/s1. The molecule has 3 rings (SSSR count). The van der Waals surface area contributed by atoms with E-state index in [0.29, 0.717) is 0 Å². The number of methoxy groups -OCH3 is 1. The molecule has 12 nitrogen and oxygen atoms in total. The summed E-state index contributed by atoms with van der Waals surface area (Å²) in [6.45, 7) is 4.49. The molecule has 2 heterocycles. The summed E-state index contributed by atoms with van der Waals surface area (Å²) in [5, 5.41) is 23.4. The molecule has 2 aromatic rings. The van der Waals surface area contributed by atoms with E-state index in [0.717, 1.165) is 0 Å². The van der Waals surface area contributed by atoms with Gasteiger partial charge in [-0.1, -0.05) is 0 Å². The van der Waals surface area contributed by atoms with Crippen LogP contribution in [-0.2, 0) is 19.0 Å². The number of rotatable bonds is 5. The fourth-order valence-electron chi connectivity index (χ4n) is 3.60. The minimum atomic E-state index is -1.47. The number of hydrogen-bond donors (Lipinski definition) is 4. The van der Waals surface area contributed by atoms with E-state index in [4.69, 9.17) is 29.1 Å². The zero-order chi connectivity index (χ0) is 23.8. The molecule has 0 saturated carbocycles. The SMILES string of the molecule is CO[C@@H]1[C@H](OC(N)=O)C(O)[C@H](Oc2ccc3c(O)c(NC(C)=O)c(=O)oc3c2)OC1(C)C. The van der Waals surface area contributed by atoms with E-state index >= 15 is 0 Å². The van der Waals surface area contributed by atoms with Gasteiger partial charge in [0.05, 0.1) is 11.0 Å². The number of carbonyl (C=O) groups is 2. The van der Waals surface area contributed by atoms with Crippen LogP contribution in [0.1, 0.15) is 20.8 Å². The van der Waals surface area contributed by atoms with Crippen molar-refractivity contribution in [2.24, 2.45) is 5.73 Å². The second kappa shape index (κ2) is 8.65. The number of benzene rings is 1. The number of aliphatic hydroxyl groups excluding tert-OH is 1. The van der Waals surface area contributed by atoms with E-state index in [9.17, 15) is 24.6 Å². The van der Waals surface area contributed by atoms with Gasteiger partial charge in [0, 0.05) is 20.1 Å². The largest absolute Gasteiger partial charge is 0.505 e. The summed E-state index contributed by atoms with van der Waals surface area (Å²) in [4.78, 5) is 34.7. The molecule has 0 bridgehead atoms. The number of primary amides is 1. The molecule has 0 aliphatic carbocycles. The van der Waals surface area contributed by atoms with Gasteiger partial charge in [-0.25, -0.2) is 9.59 Å². The first-order valence-corrected chi connectivity index (χ1v) is 9.53. The molecule has 174 valence electrons. The molecule has 0 radical (unpaired) electrons. The van der Waals surface area contributed by atoms with E-state index in [-0.39, 0.29) is 22.4 Å². The minimum absolute atomic E-state index is 0.0386. The highest BCUT2D eigenvalue weighted by atomic mass is 16.7. The number of carbonyl (C=O) groups excluding carboxylic acids is 2. The third-order valence-electron chi connectivity index (χ3n) is 4.93. The zero-order valence-electron chi connectivity index (χ0n) is 17.8. The predicted molar refractivity (Wildman–Crippen MR) is 109 cm³/mol. The molecule has 5 N–H and O–H groups in total. The van der Waals surface area contributed by atoms with Crippen molar-refractivity contribution in [3.63, 3.8) is 0 Å². The van der Waals surface area contributed by atoms with Gasteiger partial charge in [-0.05, 0) is 26.0 Å². The van der Waals surface area contributed by atoms with Crippen molar-refractivity contribution >= 4 is 28.7 Å². The van der Waals surface area contributed by atoms with Crippen molar-refractivity contribution in [2.75, 3.05) is 12.4 Å². The first-order valence-electron chi connectivity index (χ1n) is 9.53. The van der Waals surface area contributed by atoms with Crippen molar-refractivity contribution < 1.29 is 43.2 Å². The lowest BCUT2D eigenvalue weighted by Gasteiger charge is -2.47. The Hall–Kier alpha value is -3.35. The van der Waals surface area contributed by atoms with Crippen molar-refractivity contribution in [2.45, 2.75) is 51.0 Å². The summed E-state index contributed by atoms with van der Waals surface area (Å²) in [7, 11) is 1.37. The summed E-state index contributed by atoms with van der Waals surface area (Å²) in [6.07, 6.45) is -5.92. The number of ether oxygens (including phenoxy) is 4. The summed E-state index contributed by atoms with van der Waals surface area (Å²) in [5.41, 5.74) is 2.69. The van der Waals surface area contributed by atoms with Crippen LogP contribution in [0.4, 0.5) is 10.5 Å². The zero-order valence-corrected chi connectivity index (χ0v) is 17.8. The number of aromatic hydroxyl groups is 1. The highest BCUT2D eigenvalue weighted by Crippen LogP contribution is 2.36. The van der Waals surface area contributed by atoms with E-state index < -0.39 is 53.6 Å². The van der Waals surface area contributed by atoms with Gasteiger partial charge in [0.1, 0.15) is 17.4 Å². The van der Waals surface area contributed by atoms with Gasteiger partial charge in [0.2, 0.25) is 12.2 Å². The lowest BCUT2D eigenvalue weighted by Crippen LogP contribution is -2.65. The molecule has 1 unspecified atom stereocenters. The summed E-state index contributed by atoms with van der Waals surface area (Å²) in [5.74, 6) is -0.910. The Morgan fingerprint density at radius 1 is 1.28 bits per heavy atom. The monoisotopic (exact) mass is 452 g/mol. The van der Waals surface area contributed by atoms with Crippen molar-refractivity contribution in [1.82, 2.24) is 0 Å². The average molecular weight is 452 g/mol. The fraction of sp³-hybridized carbons (Fsp3) is 0.450. The number of aliphatic hydroxyl groups is 1. The lowest BCUT2D eigenvalue weighted by atomic mass is 9.89. The second-order valence-corrected chi connectivity index (χ2v) is 7.71. The highest BCUT2D eigenvalue weighted by molar-refractivity contribution is 5.96. The number of nitrogens with two attached hydrogens (primary N) is 1. The molecule has 4 atom stereocenters. The number of anilines is 1. The van der Waals surface area contributed by atoms with E-state index in [1.165, 1.54) is 32.2 Å². The van der Waals surface area contributed by atoms with Crippen molar-refractivity contribution in [3.8, 4) is 11.5 Å². The Kier molecular flexibility index (Phi) is 6.30. The van der Waals surface area contributed by atoms with Crippen LogP contribution in [0.25, 0.3) is 11.0 Å². The summed E-state index contributed by atoms with van der Waals surface area (Å²) in [6, 6.07) is 4.11. The molecule has 12 heteroatoms. The Balaban J connectivity index is 1.93. The molecule has 32 heavy (non-hydrogen) atoms. The Morgan fingerprint density at radius 3 is 2.56 bits per heavy atom. The van der Waals surface area contributed by atoms with E-state index in [1.807, 2.05) is 0 Å². The fourth-order valence-corrected chi connectivity index (χ4v) is 3.60. The third kappa shape index (κ3) is 4.47. The van der Waals surface area contributed by atoms with E-state index in [2.05, 4.69) is 5.32 Å². The van der Waals surface area contributed by atoms with Crippen LogP contribution in [-0.4, -0.2) is 59.5 Å². The van der Waals surface area contributed by atoms with Crippen LogP contribution in [0.5, 0.6) is 11.5 Å². The summed E-state index contributed by atoms with van der Waals surface area (Å²) >= 11 is 0. The molecule has 1 fully saturated rings. The van der Waals surface area contributed by atoms with Gasteiger partial charge < -0.3 is 44.6 Å². The maximum Gasteiger partial charge on any atom is 0.404 e. The van der Waals surface area contributed by atoms with Crippen LogP contribution in [0.3, 0.4) is 0 Å². The minimum Gasteiger partial charge on any atom is -0.505 e. The molecular weight excluding hydrogens is 428 g/mol. The first kappa shape index (κ1) is 23.3. The van der Waals surface area contributed by atoms with Crippen molar-refractivity contribution in [3.05, 3.63) is 28.6 Å². The maximum absolute atomic E-state index is 12.1. The van der Waals surface area contributed by atoms with Crippen LogP contribution in [0.15, 0.2) is 27.4 Å². The molecule has 1 aliphatic heterocycles. The average Bonchev–Trinajstić information content (AvgIpc) is 2.68. The van der Waals surface area contributed by atoms with Crippen LogP contribution < -0.4 is 21.4 Å². The van der Waals surface area contributed by atoms with Crippen LogP contribution >= 0.6 is 0 Å². The molecule has 2 amide bonds. The highest BCUT2D eigenvalue weighted by Gasteiger charge is 2.53.